The molecule has 0 aromatic rings. The molecule has 2 aliphatic heterocycles. The summed E-state index contributed by atoms with van der Waals surface area (Å²) >= 11 is 0. The average Bonchev–Trinajstić information content (AvgIpc) is 2.49. The second-order valence-electron chi connectivity index (χ2n) is 6.24. The van der Waals surface area contributed by atoms with Gasteiger partial charge in [0.15, 0.2) is 0 Å². The Labute approximate surface area is 121 Å². The molecule has 20 heavy (non-hydrogen) atoms. The summed E-state index contributed by atoms with van der Waals surface area (Å²) < 4.78 is 5.29. The Morgan fingerprint density at radius 3 is 2.55 bits per heavy atom. The van der Waals surface area contributed by atoms with Crippen molar-refractivity contribution in [3.8, 4) is 6.07 Å². The molecule has 0 saturated carbocycles. The molecule has 0 aromatic carbocycles. The SMILES string of the molecule is CN1CCC(CN(C)C(=O)C2(C#N)CCOCC2)CC1. The Kier molecular flexibility index (Phi) is 5.00. The molecular formula is C15H25N3O2. The van der Waals surface area contributed by atoms with Crippen LogP contribution in [-0.4, -0.2) is 62.7 Å². The number of amides is 1. The van der Waals surface area contributed by atoms with Gasteiger partial charge in [-0.15, -0.1) is 0 Å². The van der Waals surface area contributed by atoms with Gasteiger partial charge in [0, 0.05) is 26.8 Å². The molecule has 0 aromatic heterocycles. The van der Waals surface area contributed by atoms with Gasteiger partial charge in [0.2, 0.25) is 5.91 Å². The van der Waals surface area contributed by atoms with E-state index in [1.165, 1.54) is 0 Å². The van der Waals surface area contributed by atoms with E-state index in [4.69, 9.17) is 4.74 Å². The summed E-state index contributed by atoms with van der Waals surface area (Å²) in [5.41, 5.74) is -0.849. The highest BCUT2D eigenvalue weighted by molar-refractivity contribution is 5.85. The zero-order chi connectivity index (χ0) is 14.6. The first kappa shape index (κ1) is 15.3. The number of ether oxygens (including phenoxy) is 1. The van der Waals surface area contributed by atoms with Crippen LogP contribution in [0.5, 0.6) is 0 Å². The maximum Gasteiger partial charge on any atom is 0.242 e. The molecule has 2 heterocycles. The van der Waals surface area contributed by atoms with Crippen LogP contribution in [0.4, 0.5) is 0 Å². The highest BCUT2D eigenvalue weighted by Crippen LogP contribution is 2.32. The van der Waals surface area contributed by atoms with Crippen molar-refractivity contribution < 1.29 is 9.53 Å². The predicted molar refractivity (Wildman–Crippen MR) is 76.0 cm³/mol. The van der Waals surface area contributed by atoms with Crippen molar-refractivity contribution in [3.63, 3.8) is 0 Å². The number of carbonyl (C=O) groups is 1. The van der Waals surface area contributed by atoms with Crippen LogP contribution < -0.4 is 0 Å². The summed E-state index contributed by atoms with van der Waals surface area (Å²) in [6.07, 6.45) is 3.33. The molecule has 0 atom stereocenters. The third-order valence-electron chi connectivity index (χ3n) is 4.69. The fourth-order valence-corrected chi connectivity index (χ4v) is 3.17. The van der Waals surface area contributed by atoms with Crippen LogP contribution >= 0.6 is 0 Å². The first-order chi connectivity index (χ1) is 9.57. The van der Waals surface area contributed by atoms with E-state index in [0.29, 0.717) is 32.0 Å². The van der Waals surface area contributed by atoms with Crippen LogP contribution in [0.1, 0.15) is 25.7 Å². The Bertz CT molecular complexity index is 377. The topological polar surface area (TPSA) is 56.6 Å². The number of hydrogen-bond donors (Lipinski definition) is 0. The van der Waals surface area contributed by atoms with E-state index in [0.717, 1.165) is 32.5 Å². The lowest BCUT2D eigenvalue weighted by atomic mass is 9.80. The molecule has 0 unspecified atom stereocenters. The second kappa shape index (κ2) is 6.55. The van der Waals surface area contributed by atoms with Gasteiger partial charge >= 0.3 is 0 Å². The summed E-state index contributed by atoms with van der Waals surface area (Å²) in [6.45, 7) is 4.01. The number of carbonyl (C=O) groups excluding carboxylic acids is 1. The van der Waals surface area contributed by atoms with Crippen molar-refractivity contribution in [3.05, 3.63) is 0 Å². The molecule has 2 saturated heterocycles. The van der Waals surface area contributed by atoms with E-state index >= 15 is 0 Å². The van der Waals surface area contributed by atoms with Crippen LogP contribution in [0.2, 0.25) is 0 Å². The van der Waals surface area contributed by atoms with Gasteiger partial charge in [-0.3, -0.25) is 4.79 Å². The quantitative estimate of drug-likeness (QED) is 0.776. The van der Waals surface area contributed by atoms with Gasteiger partial charge in [-0.05, 0) is 51.7 Å². The Balaban J connectivity index is 1.92. The molecule has 1 amide bonds. The zero-order valence-corrected chi connectivity index (χ0v) is 12.6. The normalized spacial score (nSPS) is 24.1. The average molecular weight is 279 g/mol. The Morgan fingerprint density at radius 1 is 1.40 bits per heavy atom. The van der Waals surface area contributed by atoms with Gasteiger partial charge in [0.05, 0.1) is 6.07 Å². The number of hydrogen-bond acceptors (Lipinski definition) is 4. The van der Waals surface area contributed by atoms with Crippen LogP contribution in [0.25, 0.3) is 0 Å². The van der Waals surface area contributed by atoms with Crippen molar-refractivity contribution in [2.45, 2.75) is 25.7 Å². The number of likely N-dealkylation sites (tertiary alicyclic amines) is 1. The monoisotopic (exact) mass is 279 g/mol. The molecular weight excluding hydrogens is 254 g/mol. The minimum atomic E-state index is -0.849. The number of piperidine rings is 1. The maximum atomic E-state index is 12.6. The molecule has 2 aliphatic rings. The summed E-state index contributed by atoms with van der Waals surface area (Å²) in [6, 6.07) is 2.26. The van der Waals surface area contributed by atoms with E-state index in [2.05, 4.69) is 18.0 Å². The fourth-order valence-electron chi connectivity index (χ4n) is 3.17. The molecule has 5 nitrogen and oxygen atoms in total. The predicted octanol–water partition coefficient (Wildman–Crippen LogP) is 1.11. The molecule has 0 bridgehead atoms. The van der Waals surface area contributed by atoms with Crippen LogP contribution in [0.3, 0.4) is 0 Å². The standard InChI is InChI=1S/C15H25N3O2/c1-17-7-3-13(4-8-17)11-18(2)14(19)15(12-16)5-9-20-10-6-15/h13H,3-11H2,1-2H3. The van der Waals surface area contributed by atoms with E-state index < -0.39 is 5.41 Å². The summed E-state index contributed by atoms with van der Waals surface area (Å²) in [4.78, 5) is 16.7. The van der Waals surface area contributed by atoms with E-state index in [9.17, 15) is 10.1 Å². The first-order valence-electron chi connectivity index (χ1n) is 7.50. The summed E-state index contributed by atoms with van der Waals surface area (Å²) in [5.74, 6) is 0.554. The highest BCUT2D eigenvalue weighted by atomic mass is 16.5. The minimum absolute atomic E-state index is 0.0118. The number of nitriles is 1. The third kappa shape index (κ3) is 3.31. The first-order valence-corrected chi connectivity index (χ1v) is 7.50. The third-order valence-corrected chi connectivity index (χ3v) is 4.69. The second-order valence-corrected chi connectivity index (χ2v) is 6.24. The van der Waals surface area contributed by atoms with Gasteiger partial charge < -0.3 is 14.5 Å². The lowest BCUT2D eigenvalue weighted by molar-refractivity contribution is -0.142. The Morgan fingerprint density at radius 2 is 2.00 bits per heavy atom. The lowest BCUT2D eigenvalue weighted by Crippen LogP contribution is -2.47. The van der Waals surface area contributed by atoms with Gasteiger partial charge in [0.25, 0.3) is 0 Å². The highest BCUT2D eigenvalue weighted by Gasteiger charge is 2.42. The fraction of sp³-hybridized carbons (Fsp3) is 0.867. The smallest absolute Gasteiger partial charge is 0.242 e. The van der Waals surface area contributed by atoms with Crippen LogP contribution in [0.15, 0.2) is 0 Å². The van der Waals surface area contributed by atoms with Crippen LogP contribution in [0, 0.1) is 22.7 Å². The summed E-state index contributed by atoms with van der Waals surface area (Å²) in [7, 11) is 3.98. The molecule has 0 spiro atoms. The van der Waals surface area contributed by atoms with E-state index in [1.807, 2.05) is 7.05 Å². The van der Waals surface area contributed by atoms with Crippen molar-refractivity contribution in [1.29, 1.82) is 5.26 Å². The minimum Gasteiger partial charge on any atom is -0.381 e. The van der Waals surface area contributed by atoms with Crippen molar-refractivity contribution in [2.75, 3.05) is 46.9 Å². The van der Waals surface area contributed by atoms with Gasteiger partial charge in [-0.25, -0.2) is 0 Å². The van der Waals surface area contributed by atoms with E-state index in [-0.39, 0.29) is 5.91 Å². The molecule has 2 rings (SSSR count). The number of rotatable bonds is 3. The van der Waals surface area contributed by atoms with Crippen molar-refractivity contribution >= 4 is 5.91 Å². The molecule has 112 valence electrons. The molecule has 2 fully saturated rings. The summed E-state index contributed by atoms with van der Waals surface area (Å²) in [5, 5.41) is 9.44. The molecule has 0 aliphatic carbocycles. The maximum absolute atomic E-state index is 12.6. The Hall–Kier alpha value is -1.12. The van der Waals surface area contributed by atoms with Crippen molar-refractivity contribution in [1.82, 2.24) is 9.80 Å². The van der Waals surface area contributed by atoms with E-state index in [1.54, 1.807) is 4.90 Å². The largest absolute Gasteiger partial charge is 0.381 e. The van der Waals surface area contributed by atoms with Crippen LogP contribution in [-0.2, 0) is 9.53 Å². The molecule has 0 radical (unpaired) electrons. The lowest BCUT2D eigenvalue weighted by Gasteiger charge is -2.36. The zero-order valence-electron chi connectivity index (χ0n) is 12.6. The van der Waals surface area contributed by atoms with Gasteiger partial charge in [-0.1, -0.05) is 0 Å². The van der Waals surface area contributed by atoms with Gasteiger partial charge in [-0.2, -0.15) is 5.26 Å². The van der Waals surface area contributed by atoms with Crippen molar-refractivity contribution in [2.24, 2.45) is 11.3 Å². The molecule has 0 N–H and O–H groups in total. The van der Waals surface area contributed by atoms with Gasteiger partial charge in [0.1, 0.15) is 5.41 Å². The molecule has 5 heteroatoms. The number of nitrogens with zero attached hydrogens (tertiary/aromatic N) is 3.